The zero-order valence-electron chi connectivity index (χ0n) is 39.4. The van der Waals surface area contributed by atoms with E-state index in [0.717, 1.165) is 64.2 Å². The Hall–Kier alpha value is -0.700. The van der Waals surface area contributed by atoms with Crippen LogP contribution < -0.4 is 0 Å². The third-order valence-electron chi connectivity index (χ3n) is 11.1. The number of rotatable bonds is 42. The van der Waals surface area contributed by atoms with Crippen molar-refractivity contribution in [2.75, 3.05) is 13.2 Å². The van der Waals surface area contributed by atoms with Crippen LogP contribution in [-0.4, -0.2) is 112 Å². The van der Waals surface area contributed by atoms with E-state index in [9.17, 15) is 72.3 Å². The number of carbonyl (C=O) groups excluding carboxylic acids is 2. The lowest BCUT2D eigenvalue weighted by Gasteiger charge is -2.45. The third-order valence-corrected chi connectivity index (χ3v) is 13.7. The predicted molar refractivity (Wildman–Crippen MR) is 245 cm³/mol. The second kappa shape index (κ2) is 35.4. The number of unbranched alkanes of at least 4 members (excludes halogenated alkanes) is 24. The molecule has 1 aliphatic carbocycles. The van der Waals surface area contributed by atoms with Gasteiger partial charge in [-0.25, -0.2) is 18.3 Å². The van der Waals surface area contributed by atoms with Crippen LogP contribution in [0, 0.1) is 0 Å². The van der Waals surface area contributed by atoms with E-state index in [-0.39, 0.29) is 12.8 Å². The van der Waals surface area contributed by atoms with Gasteiger partial charge in [-0.3, -0.25) is 32.2 Å². The predicted octanol–water partition coefficient (Wildman–Crippen LogP) is 8.08. The number of hydrogen-bond acceptors (Lipinski definition) is 15. The Morgan fingerprint density at radius 2 is 0.731 bits per heavy atom. The number of esters is 2. The number of carbonyl (C=O) groups is 2. The minimum absolute atomic E-state index is 0.0414. The van der Waals surface area contributed by atoms with Crippen LogP contribution in [0.3, 0.4) is 0 Å². The molecule has 9 N–H and O–H groups in total. The zero-order valence-corrected chi connectivity index (χ0v) is 43.0. The molecule has 0 aromatic carbocycles. The number of aliphatic hydroxyl groups is 2. The number of hydrogen-bond donors (Lipinski definition) is 9. The normalized spacial score (nSPS) is 21.8. The number of aliphatic hydroxyl groups excluding tert-OH is 2. The molecule has 1 saturated carbocycles. The Labute approximate surface area is 396 Å². The van der Waals surface area contributed by atoms with Gasteiger partial charge in [-0.2, -0.15) is 0 Å². The Morgan fingerprint density at radius 1 is 0.418 bits per heavy atom. The Bertz CT molecular complexity index is 1480. The summed E-state index contributed by atoms with van der Waals surface area (Å²) in [7, 11) is -23.0. The van der Waals surface area contributed by atoms with E-state index in [1.54, 1.807) is 0 Å². The van der Waals surface area contributed by atoms with Crippen molar-refractivity contribution >= 4 is 43.2 Å². The molecule has 8 atom stereocenters. The molecule has 0 bridgehead atoms. The highest BCUT2D eigenvalue weighted by Crippen LogP contribution is 2.53. The highest BCUT2D eigenvalue weighted by molar-refractivity contribution is 7.47. The summed E-state index contributed by atoms with van der Waals surface area (Å²) in [5.74, 6) is -1.39. The Morgan fingerprint density at radius 3 is 1.07 bits per heavy atom. The van der Waals surface area contributed by atoms with E-state index in [4.69, 9.17) is 18.5 Å². The maximum absolute atomic E-state index is 13.3. The van der Waals surface area contributed by atoms with Gasteiger partial charge in [-0.1, -0.05) is 168 Å². The first-order valence-electron chi connectivity index (χ1n) is 24.1. The molecule has 1 rings (SSSR count). The van der Waals surface area contributed by atoms with Gasteiger partial charge >= 0.3 is 43.2 Å². The summed E-state index contributed by atoms with van der Waals surface area (Å²) in [6, 6.07) is 0. The van der Waals surface area contributed by atoms with Crippen LogP contribution in [0.25, 0.3) is 0 Å². The molecule has 0 spiro atoms. The molecule has 398 valence electrons. The molecule has 0 saturated heterocycles. The molecule has 0 heterocycles. The van der Waals surface area contributed by atoms with E-state index in [0.29, 0.717) is 12.8 Å². The summed E-state index contributed by atoms with van der Waals surface area (Å²) < 4.78 is 82.1. The average molecular weight is 1050 g/mol. The molecule has 26 heteroatoms. The molecule has 1 fully saturated rings. The van der Waals surface area contributed by atoms with E-state index in [1.807, 2.05) is 0 Å². The van der Waals surface area contributed by atoms with Crippen LogP contribution in [0.1, 0.15) is 194 Å². The average Bonchev–Trinajstić information content (AvgIpc) is 3.22. The molecule has 67 heavy (non-hydrogen) atoms. The monoisotopic (exact) mass is 1050 g/mol. The highest BCUT2D eigenvalue weighted by Gasteiger charge is 2.59. The first-order valence-corrected chi connectivity index (χ1v) is 30.2. The smallest absolute Gasteiger partial charge is 0.462 e. The molecule has 0 aromatic rings. The van der Waals surface area contributed by atoms with Gasteiger partial charge in [0.25, 0.3) is 0 Å². The van der Waals surface area contributed by atoms with Crippen LogP contribution >= 0.6 is 31.3 Å². The molecule has 6 unspecified atom stereocenters. The van der Waals surface area contributed by atoms with Crippen LogP contribution in [0.4, 0.5) is 0 Å². The number of ether oxygens (including phenoxy) is 2. The van der Waals surface area contributed by atoms with E-state index in [1.165, 1.54) is 89.9 Å². The minimum atomic E-state index is -5.78. The van der Waals surface area contributed by atoms with E-state index in [2.05, 4.69) is 27.4 Å². The third kappa shape index (κ3) is 33.6. The number of phosphoric acid groups is 4. The molecule has 0 radical (unpaired) electrons. The van der Waals surface area contributed by atoms with Crippen molar-refractivity contribution in [3.8, 4) is 0 Å². The lowest BCUT2D eigenvalue weighted by molar-refractivity contribution is -0.209. The zero-order chi connectivity index (χ0) is 50.4. The summed E-state index contributed by atoms with van der Waals surface area (Å²) in [5.41, 5.74) is 0. The maximum Gasteiger partial charge on any atom is 0.472 e. The van der Waals surface area contributed by atoms with Gasteiger partial charge in [0, 0.05) is 12.8 Å². The summed E-state index contributed by atoms with van der Waals surface area (Å²) >= 11 is 0. The molecule has 0 amide bonds. The quantitative estimate of drug-likeness (QED) is 0.0158. The maximum atomic E-state index is 13.3. The van der Waals surface area contributed by atoms with Gasteiger partial charge in [0.05, 0.1) is 6.61 Å². The van der Waals surface area contributed by atoms with Crippen molar-refractivity contribution in [2.45, 2.75) is 236 Å². The SMILES string of the molecule is CCCCCCCCCCCCCCCC(=O)OC[C@H](COP(=O)(O)OC1C(O)C(OP(=O)(O)O)C(OP(=O)(O)O)[C@@H](OP(=O)(O)O)C1O)OC(=O)CCCCCCCCCCCCCCC. The first-order chi connectivity index (χ1) is 31.5. The second-order valence-electron chi connectivity index (χ2n) is 17.3. The van der Waals surface area contributed by atoms with Crippen molar-refractivity contribution in [3.05, 3.63) is 0 Å². The lowest BCUT2D eigenvalue weighted by atomic mass is 9.85. The lowest BCUT2D eigenvalue weighted by Crippen LogP contribution is -2.65. The van der Waals surface area contributed by atoms with Gasteiger partial charge in [0.15, 0.2) is 6.10 Å². The van der Waals surface area contributed by atoms with Gasteiger partial charge < -0.3 is 53.9 Å². The summed E-state index contributed by atoms with van der Waals surface area (Å²) in [6.45, 7) is 2.75. The van der Waals surface area contributed by atoms with Gasteiger partial charge in [0.2, 0.25) is 0 Å². The minimum Gasteiger partial charge on any atom is -0.462 e. The van der Waals surface area contributed by atoms with Crippen LogP contribution in [0.5, 0.6) is 0 Å². The molecule has 22 nitrogen and oxygen atoms in total. The summed E-state index contributed by atoms with van der Waals surface area (Å²) in [4.78, 5) is 92.7. The topological polar surface area (TPSA) is 349 Å². The van der Waals surface area contributed by atoms with Crippen molar-refractivity contribution < 1.29 is 104 Å². The van der Waals surface area contributed by atoms with Gasteiger partial charge in [-0.15, -0.1) is 0 Å². The molecule has 0 aliphatic heterocycles. The fourth-order valence-corrected chi connectivity index (χ4v) is 10.3. The molecular formula is C41H82O22P4. The molecule has 0 aromatic heterocycles. The van der Waals surface area contributed by atoms with Gasteiger partial charge in [0.1, 0.15) is 43.2 Å². The Balaban J connectivity index is 2.91. The summed E-state index contributed by atoms with van der Waals surface area (Å²) in [6.07, 6.45) is 10.4. The standard InChI is InChI=1S/C41H82O22P4/c1-3-5-7-9-11-13-15-17-19-21-23-25-27-29-34(42)57-31-33(59-35(43)30-28-26-24-22-20-18-16-14-12-10-8-6-4-2)32-58-67(55,56)63-38-36(44)39(60-64(46,47)48)41(62-66(52,53)54)40(37(38)45)61-65(49,50)51/h33,36-41,44-45H,3-32H2,1-2H3,(H,55,56)(H2,46,47,48)(H2,49,50,51)(H2,52,53,54)/t33-,36?,37?,38?,39+,40?,41?/m1/s1. The van der Waals surface area contributed by atoms with Crippen molar-refractivity contribution in [1.82, 2.24) is 0 Å². The molecular weight excluding hydrogens is 968 g/mol. The Kier molecular flexibility index (Phi) is 34.0. The first kappa shape index (κ1) is 64.3. The second-order valence-corrected chi connectivity index (χ2v) is 22.3. The van der Waals surface area contributed by atoms with Gasteiger partial charge in [-0.05, 0) is 12.8 Å². The van der Waals surface area contributed by atoms with Crippen LogP contribution in [0.15, 0.2) is 0 Å². The summed E-state index contributed by atoms with van der Waals surface area (Å²) in [5, 5.41) is 21.8. The van der Waals surface area contributed by atoms with Crippen molar-refractivity contribution in [1.29, 1.82) is 0 Å². The highest BCUT2D eigenvalue weighted by atomic mass is 31.2. The largest absolute Gasteiger partial charge is 0.472 e. The molecule has 1 aliphatic rings. The van der Waals surface area contributed by atoms with E-state index >= 15 is 0 Å². The van der Waals surface area contributed by atoms with Crippen molar-refractivity contribution in [2.24, 2.45) is 0 Å². The van der Waals surface area contributed by atoms with Crippen LogP contribution in [0.2, 0.25) is 0 Å². The number of phosphoric ester groups is 4. The van der Waals surface area contributed by atoms with E-state index < -0.39 is 99.2 Å². The van der Waals surface area contributed by atoms with Crippen LogP contribution in [-0.2, 0) is 59.9 Å². The van der Waals surface area contributed by atoms with Crippen molar-refractivity contribution in [3.63, 3.8) is 0 Å². The fraction of sp³-hybridized carbons (Fsp3) is 0.951. The fourth-order valence-electron chi connectivity index (χ4n) is 7.67.